The summed E-state index contributed by atoms with van der Waals surface area (Å²) in [4.78, 5) is 18.2. The van der Waals surface area contributed by atoms with Gasteiger partial charge in [-0.2, -0.15) is 0 Å². The number of nitrogens with one attached hydrogen (secondary N) is 1. The fourth-order valence-corrected chi connectivity index (χ4v) is 1.64. The maximum Gasteiger partial charge on any atom is 0.273 e. The summed E-state index contributed by atoms with van der Waals surface area (Å²) in [5.74, 6) is 6.54. The molecule has 0 spiro atoms. The van der Waals surface area contributed by atoms with E-state index >= 15 is 0 Å². The van der Waals surface area contributed by atoms with Crippen LogP contribution in [0.3, 0.4) is 0 Å². The molecule has 1 heterocycles. The van der Waals surface area contributed by atoms with Crippen molar-refractivity contribution >= 4 is 11.5 Å². The molecular weight excluding hydrogens is 278 g/mol. The SMILES string of the molecule is COc1cc([N+](=O)[O-])ccc1Oc1ncnc(NN)c1C. The van der Waals surface area contributed by atoms with Crippen molar-refractivity contribution in [3.63, 3.8) is 0 Å². The fourth-order valence-electron chi connectivity index (χ4n) is 1.64. The Hall–Kier alpha value is -2.94. The van der Waals surface area contributed by atoms with Crippen molar-refractivity contribution < 1.29 is 14.4 Å². The number of nitrogen functional groups attached to an aromatic ring is 1. The second kappa shape index (κ2) is 6.01. The number of anilines is 1. The van der Waals surface area contributed by atoms with Crippen molar-refractivity contribution in [3.05, 3.63) is 40.2 Å². The van der Waals surface area contributed by atoms with E-state index in [2.05, 4.69) is 15.4 Å². The Morgan fingerprint density at radius 1 is 1.33 bits per heavy atom. The van der Waals surface area contributed by atoms with E-state index in [4.69, 9.17) is 15.3 Å². The van der Waals surface area contributed by atoms with Gasteiger partial charge in [-0.05, 0) is 13.0 Å². The minimum Gasteiger partial charge on any atom is -0.493 e. The molecule has 0 radical (unpaired) electrons. The molecule has 2 aromatic rings. The first-order valence-corrected chi connectivity index (χ1v) is 5.85. The van der Waals surface area contributed by atoms with Gasteiger partial charge in [0.2, 0.25) is 5.88 Å². The molecule has 9 nitrogen and oxygen atoms in total. The molecule has 3 N–H and O–H groups in total. The summed E-state index contributed by atoms with van der Waals surface area (Å²) in [5.41, 5.74) is 2.93. The number of methoxy groups -OCH3 is 1. The van der Waals surface area contributed by atoms with Gasteiger partial charge in [-0.1, -0.05) is 0 Å². The number of hydrogen-bond acceptors (Lipinski definition) is 8. The van der Waals surface area contributed by atoms with Crippen LogP contribution in [0.1, 0.15) is 5.56 Å². The van der Waals surface area contributed by atoms with E-state index in [-0.39, 0.29) is 17.3 Å². The lowest BCUT2D eigenvalue weighted by molar-refractivity contribution is -0.384. The van der Waals surface area contributed by atoms with Gasteiger partial charge in [0, 0.05) is 6.07 Å². The molecule has 21 heavy (non-hydrogen) atoms. The first kappa shape index (κ1) is 14.5. The van der Waals surface area contributed by atoms with Gasteiger partial charge in [0.15, 0.2) is 11.5 Å². The third-order valence-electron chi connectivity index (χ3n) is 2.74. The second-order valence-electron chi connectivity index (χ2n) is 3.99. The van der Waals surface area contributed by atoms with Crippen LogP contribution in [0.15, 0.2) is 24.5 Å². The van der Waals surface area contributed by atoms with Crippen LogP contribution in [0, 0.1) is 17.0 Å². The summed E-state index contributed by atoms with van der Waals surface area (Å²) in [6.45, 7) is 1.72. The van der Waals surface area contributed by atoms with E-state index in [1.807, 2.05) is 0 Å². The molecule has 0 fully saturated rings. The van der Waals surface area contributed by atoms with Gasteiger partial charge in [0.1, 0.15) is 12.1 Å². The highest BCUT2D eigenvalue weighted by Crippen LogP contribution is 2.35. The van der Waals surface area contributed by atoms with Gasteiger partial charge in [0.25, 0.3) is 5.69 Å². The molecule has 0 aliphatic heterocycles. The van der Waals surface area contributed by atoms with Gasteiger partial charge < -0.3 is 14.9 Å². The molecule has 1 aromatic heterocycles. The number of hydrazine groups is 1. The predicted molar refractivity (Wildman–Crippen MR) is 74.3 cm³/mol. The zero-order valence-corrected chi connectivity index (χ0v) is 11.4. The Kier molecular flexibility index (Phi) is 4.14. The Balaban J connectivity index is 2.38. The molecule has 0 saturated heterocycles. The molecule has 0 amide bonds. The fraction of sp³-hybridized carbons (Fsp3) is 0.167. The van der Waals surface area contributed by atoms with Gasteiger partial charge in [-0.25, -0.2) is 15.8 Å². The third kappa shape index (κ3) is 2.98. The first-order valence-electron chi connectivity index (χ1n) is 5.85. The lowest BCUT2D eigenvalue weighted by atomic mass is 10.2. The maximum absolute atomic E-state index is 10.7. The van der Waals surface area contributed by atoms with Gasteiger partial charge >= 0.3 is 0 Å². The van der Waals surface area contributed by atoms with Crippen LogP contribution >= 0.6 is 0 Å². The summed E-state index contributed by atoms with van der Waals surface area (Å²) in [6.07, 6.45) is 1.29. The Labute approximate surface area is 119 Å². The molecule has 0 unspecified atom stereocenters. The summed E-state index contributed by atoms with van der Waals surface area (Å²) in [5, 5.41) is 10.7. The predicted octanol–water partition coefficient (Wildman–Crippen LogP) is 1.78. The number of non-ortho nitro benzene ring substituents is 1. The van der Waals surface area contributed by atoms with E-state index in [1.165, 1.54) is 31.6 Å². The maximum atomic E-state index is 10.7. The Morgan fingerprint density at radius 2 is 2.10 bits per heavy atom. The van der Waals surface area contributed by atoms with E-state index in [0.717, 1.165) is 0 Å². The minimum atomic E-state index is -0.515. The number of rotatable bonds is 5. The normalized spacial score (nSPS) is 10.0. The highest BCUT2D eigenvalue weighted by Gasteiger charge is 2.15. The number of nitrogens with zero attached hydrogens (tertiary/aromatic N) is 3. The number of aromatic nitrogens is 2. The molecule has 9 heteroatoms. The molecule has 0 bridgehead atoms. The molecule has 1 aromatic carbocycles. The second-order valence-corrected chi connectivity index (χ2v) is 3.99. The number of hydrogen-bond donors (Lipinski definition) is 2. The van der Waals surface area contributed by atoms with Crippen LogP contribution < -0.4 is 20.7 Å². The van der Waals surface area contributed by atoms with Crippen LogP contribution in [0.2, 0.25) is 0 Å². The van der Waals surface area contributed by atoms with Crippen LogP contribution in [0.5, 0.6) is 17.4 Å². The van der Waals surface area contributed by atoms with Crippen molar-refractivity contribution in [2.75, 3.05) is 12.5 Å². The Morgan fingerprint density at radius 3 is 2.71 bits per heavy atom. The lowest BCUT2D eigenvalue weighted by Crippen LogP contribution is -2.11. The highest BCUT2D eigenvalue weighted by molar-refractivity contribution is 5.52. The van der Waals surface area contributed by atoms with E-state index < -0.39 is 4.92 Å². The van der Waals surface area contributed by atoms with E-state index in [0.29, 0.717) is 17.1 Å². The monoisotopic (exact) mass is 291 g/mol. The molecule has 0 aliphatic rings. The lowest BCUT2D eigenvalue weighted by Gasteiger charge is -2.12. The minimum absolute atomic E-state index is 0.0945. The van der Waals surface area contributed by atoms with Crippen LogP contribution in [-0.4, -0.2) is 22.0 Å². The van der Waals surface area contributed by atoms with Crippen LogP contribution in [0.25, 0.3) is 0 Å². The zero-order valence-electron chi connectivity index (χ0n) is 11.4. The van der Waals surface area contributed by atoms with Crippen molar-refractivity contribution in [2.24, 2.45) is 5.84 Å². The summed E-state index contributed by atoms with van der Waals surface area (Å²) >= 11 is 0. The van der Waals surface area contributed by atoms with Crippen molar-refractivity contribution in [1.82, 2.24) is 9.97 Å². The number of benzene rings is 1. The molecule has 110 valence electrons. The number of ether oxygens (including phenoxy) is 2. The summed E-state index contributed by atoms with van der Waals surface area (Å²) in [6, 6.07) is 4.03. The highest BCUT2D eigenvalue weighted by atomic mass is 16.6. The molecule has 0 saturated carbocycles. The number of nitrogens with two attached hydrogens (primary N) is 1. The van der Waals surface area contributed by atoms with Crippen LogP contribution in [-0.2, 0) is 0 Å². The molecule has 0 atom stereocenters. The number of nitro groups is 1. The van der Waals surface area contributed by atoms with Crippen LogP contribution in [0.4, 0.5) is 11.5 Å². The standard InChI is InChI=1S/C12H13N5O4/c1-7-11(16-13)14-6-15-12(7)21-9-4-3-8(17(18)19)5-10(9)20-2/h3-6H,13H2,1-2H3,(H,14,15,16). The van der Waals surface area contributed by atoms with Crippen molar-refractivity contribution in [3.8, 4) is 17.4 Å². The summed E-state index contributed by atoms with van der Waals surface area (Å²) < 4.78 is 10.7. The Bertz CT molecular complexity index is 677. The largest absolute Gasteiger partial charge is 0.493 e. The van der Waals surface area contributed by atoms with E-state index in [1.54, 1.807) is 6.92 Å². The smallest absolute Gasteiger partial charge is 0.273 e. The average Bonchev–Trinajstić information content (AvgIpc) is 2.49. The van der Waals surface area contributed by atoms with E-state index in [9.17, 15) is 10.1 Å². The quantitative estimate of drug-likeness (QED) is 0.485. The van der Waals surface area contributed by atoms with Gasteiger partial charge in [-0.15, -0.1) is 0 Å². The molecular formula is C12H13N5O4. The number of nitro benzene ring substituents is 1. The topological polar surface area (TPSA) is 125 Å². The van der Waals surface area contributed by atoms with Gasteiger partial charge in [0.05, 0.1) is 23.7 Å². The third-order valence-corrected chi connectivity index (χ3v) is 2.74. The molecule has 0 aliphatic carbocycles. The first-order chi connectivity index (χ1) is 10.1. The average molecular weight is 291 g/mol. The van der Waals surface area contributed by atoms with Gasteiger partial charge in [-0.3, -0.25) is 10.1 Å². The van der Waals surface area contributed by atoms with Crippen molar-refractivity contribution in [1.29, 1.82) is 0 Å². The van der Waals surface area contributed by atoms with Crippen molar-refractivity contribution in [2.45, 2.75) is 6.92 Å². The summed E-state index contributed by atoms with van der Waals surface area (Å²) in [7, 11) is 1.39. The zero-order chi connectivity index (χ0) is 15.4. The molecule has 2 rings (SSSR count).